The number of aromatic amines is 1. The minimum Gasteiger partial charge on any atom is -0.367 e. The van der Waals surface area contributed by atoms with Gasteiger partial charge >= 0.3 is 0 Å². The number of benzene rings is 2. The van der Waals surface area contributed by atoms with Gasteiger partial charge in [-0.3, -0.25) is 0 Å². The molecule has 1 aliphatic rings. The van der Waals surface area contributed by atoms with Crippen molar-refractivity contribution in [1.82, 2.24) is 14.9 Å². The Labute approximate surface area is 162 Å². The number of halogens is 1. The molecule has 0 saturated carbocycles. The van der Waals surface area contributed by atoms with Crippen molar-refractivity contribution in [1.29, 1.82) is 0 Å². The lowest BCUT2D eigenvalue weighted by molar-refractivity contribution is 0.355. The summed E-state index contributed by atoms with van der Waals surface area (Å²) in [4.78, 5) is 10.6. The average molecular weight is 408 g/mol. The van der Waals surface area contributed by atoms with Crippen LogP contribution in [0.3, 0.4) is 0 Å². The van der Waals surface area contributed by atoms with Crippen LogP contribution in [-0.4, -0.2) is 14.9 Å². The van der Waals surface area contributed by atoms with Crippen LogP contribution in [0.15, 0.2) is 65.3 Å². The van der Waals surface area contributed by atoms with Crippen molar-refractivity contribution in [2.75, 3.05) is 0 Å². The van der Waals surface area contributed by atoms with E-state index < -0.39 is 0 Å². The minimum atomic E-state index is 0.858. The molecule has 3 aromatic rings. The predicted octanol–water partition coefficient (Wildman–Crippen LogP) is 5.33. The molecule has 1 aromatic heterocycles. The number of nitrogens with zero attached hydrogens (tertiary/aromatic N) is 2. The van der Waals surface area contributed by atoms with Gasteiger partial charge in [0.25, 0.3) is 0 Å². The van der Waals surface area contributed by atoms with Crippen molar-refractivity contribution >= 4 is 22.0 Å². The largest absolute Gasteiger partial charge is 0.367 e. The molecule has 0 spiro atoms. The number of aryl methyl sites for hydroxylation is 2. The predicted molar refractivity (Wildman–Crippen MR) is 109 cm³/mol. The lowest BCUT2D eigenvalue weighted by atomic mass is 10.1. The van der Waals surface area contributed by atoms with Crippen molar-refractivity contribution in [3.8, 4) is 0 Å². The minimum absolute atomic E-state index is 0.858. The number of imidazole rings is 1. The molecular formula is C22H22BrN3. The average Bonchev–Trinajstić information content (AvgIpc) is 3.06. The Bertz CT molecular complexity index is 882. The first-order valence-electron chi connectivity index (χ1n) is 9.05. The summed E-state index contributed by atoms with van der Waals surface area (Å²) in [7, 11) is 0. The maximum atomic E-state index is 4.83. The van der Waals surface area contributed by atoms with E-state index in [0.717, 1.165) is 54.0 Å². The van der Waals surface area contributed by atoms with Gasteiger partial charge < -0.3 is 9.88 Å². The maximum absolute atomic E-state index is 4.83. The molecule has 0 radical (unpaired) electrons. The zero-order valence-electron chi connectivity index (χ0n) is 14.7. The summed E-state index contributed by atoms with van der Waals surface area (Å²) >= 11 is 3.49. The molecule has 26 heavy (non-hydrogen) atoms. The number of hydrogen-bond donors (Lipinski definition) is 1. The van der Waals surface area contributed by atoms with Crippen molar-refractivity contribution in [3.05, 3.63) is 93.6 Å². The smallest absolute Gasteiger partial charge is 0.106 e. The Morgan fingerprint density at radius 3 is 2.58 bits per heavy atom. The molecule has 3 nitrogen and oxygen atoms in total. The molecule has 1 aliphatic heterocycles. The summed E-state index contributed by atoms with van der Waals surface area (Å²) in [6, 6.07) is 19.2. The third kappa shape index (κ3) is 4.25. The third-order valence-corrected chi connectivity index (χ3v) is 5.21. The second kappa shape index (κ2) is 7.92. The van der Waals surface area contributed by atoms with Gasteiger partial charge in [-0.15, -0.1) is 0 Å². The summed E-state index contributed by atoms with van der Waals surface area (Å²) < 4.78 is 1.12. The normalized spacial score (nSPS) is 13.0. The molecule has 2 heterocycles. The lowest BCUT2D eigenvalue weighted by Gasteiger charge is -2.22. The third-order valence-electron chi connectivity index (χ3n) is 4.69. The van der Waals surface area contributed by atoms with Crippen LogP contribution in [-0.2, 0) is 25.9 Å². The summed E-state index contributed by atoms with van der Waals surface area (Å²) in [6.45, 7) is 1.76. The zero-order valence-corrected chi connectivity index (χ0v) is 16.2. The number of aromatic nitrogens is 2. The van der Waals surface area contributed by atoms with Crippen LogP contribution in [0.4, 0.5) is 0 Å². The maximum Gasteiger partial charge on any atom is 0.106 e. The van der Waals surface area contributed by atoms with Gasteiger partial charge in [0.15, 0.2) is 0 Å². The molecule has 4 heteroatoms. The highest BCUT2D eigenvalue weighted by Gasteiger charge is 2.15. The highest BCUT2D eigenvalue weighted by atomic mass is 79.9. The second-order valence-electron chi connectivity index (χ2n) is 6.73. The van der Waals surface area contributed by atoms with Crippen LogP contribution in [0.25, 0.3) is 6.08 Å². The number of rotatable bonds is 6. The SMILES string of the molecule is Brc1ccc(CN2C=Cc3[nH]c(CCCc4ccccc4)nc3C2)cc1. The Morgan fingerprint density at radius 2 is 1.77 bits per heavy atom. The first-order chi connectivity index (χ1) is 12.8. The van der Waals surface area contributed by atoms with Gasteiger partial charge in [-0.25, -0.2) is 4.98 Å². The lowest BCUT2D eigenvalue weighted by Crippen LogP contribution is -2.19. The van der Waals surface area contributed by atoms with E-state index >= 15 is 0 Å². The molecular weight excluding hydrogens is 386 g/mol. The molecule has 0 fully saturated rings. The van der Waals surface area contributed by atoms with Gasteiger partial charge in [0.2, 0.25) is 0 Å². The highest BCUT2D eigenvalue weighted by Crippen LogP contribution is 2.21. The molecule has 2 aromatic carbocycles. The van der Waals surface area contributed by atoms with Gasteiger partial charge in [-0.1, -0.05) is 58.4 Å². The van der Waals surface area contributed by atoms with Crippen molar-refractivity contribution in [3.63, 3.8) is 0 Å². The zero-order chi connectivity index (χ0) is 17.8. The molecule has 1 N–H and O–H groups in total. The van der Waals surface area contributed by atoms with E-state index in [2.05, 4.69) is 92.7 Å². The van der Waals surface area contributed by atoms with Crippen LogP contribution in [0.1, 0.15) is 34.8 Å². The number of nitrogens with one attached hydrogen (secondary N) is 1. The molecule has 132 valence electrons. The second-order valence-corrected chi connectivity index (χ2v) is 7.65. The van der Waals surface area contributed by atoms with Crippen LogP contribution >= 0.6 is 15.9 Å². The van der Waals surface area contributed by atoms with E-state index in [1.54, 1.807) is 0 Å². The monoisotopic (exact) mass is 407 g/mol. The fourth-order valence-corrected chi connectivity index (χ4v) is 3.58. The Kier molecular flexibility index (Phi) is 5.21. The summed E-state index contributed by atoms with van der Waals surface area (Å²) in [5.41, 5.74) is 5.01. The van der Waals surface area contributed by atoms with Crippen LogP contribution in [0, 0.1) is 0 Å². The Hall–Kier alpha value is -2.33. The first kappa shape index (κ1) is 17.1. The molecule has 0 aliphatic carbocycles. The van der Waals surface area contributed by atoms with Gasteiger partial charge in [0, 0.05) is 23.6 Å². The topological polar surface area (TPSA) is 31.9 Å². The summed E-state index contributed by atoms with van der Waals surface area (Å²) in [5.74, 6) is 1.10. The molecule has 0 bridgehead atoms. The summed E-state index contributed by atoms with van der Waals surface area (Å²) in [6.07, 6.45) is 7.50. The van der Waals surface area contributed by atoms with Crippen LogP contribution in [0.5, 0.6) is 0 Å². The molecule has 0 saturated heterocycles. The van der Waals surface area contributed by atoms with Gasteiger partial charge in [0.1, 0.15) is 5.82 Å². The van der Waals surface area contributed by atoms with Crippen molar-refractivity contribution in [2.24, 2.45) is 0 Å². The van der Waals surface area contributed by atoms with E-state index in [0.29, 0.717) is 0 Å². The quantitative estimate of drug-likeness (QED) is 0.598. The molecule has 0 unspecified atom stereocenters. The fraction of sp³-hybridized carbons (Fsp3) is 0.227. The van der Waals surface area contributed by atoms with Crippen LogP contribution < -0.4 is 0 Å². The summed E-state index contributed by atoms with van der Waals surface area (Å²) in [5, 5.41) is 0. The van der Waals surface area contributed by atoms with Crippen molar-refractivity contribution < 1.29 is 0 Å². The molecule has 0 amide bonds. The fourth-order valence-electron chi connectivity index (χ4n) is 3.32. The Morgan fingerprint density at radius 1 is 0.962 bits per heavy atom. The van der Waals surface area contributed by atoms with E-state index in [9.17, 15) is 0 Å². The van der Waals surface area contributed by atoms with Gasteiger partial charge in [-0.2, -0.15) is 0 Å². The molecule has 0 atom stereocenters. The van der Waals surface area contributed by atoms with E-state index in [-0.39, 0.29) is 0 Å². The van der Waals surface area contributed by atoms with Crippen molar-refractivity contribution in [2.45, 2.75) is 32.4 Å². The van der Waals surface area contributed by atoms with E-state index in [1.807, 2.05) is 0 Å². The number of hydrogen-bond acceptors (Lipinski definition) is 2. The number of H-pyrrole nitrogens is 1. The standard InChI is InChI=1S/C22H22BrN3/c23-19-11-9-18(10-12-19)15-26-14-13-20-21(16-26)25-22(24-20)8-4-7-17-5-2-1-3-6-17/h1-3,5-6,9-14H,4,7-8,15-16H2,(H,24,25). The molecule has 4 rings (SSSR count). The first-order valence-corrected chi connectivity index (χ1v) is 9.84. The van der Waals surface area contributed by atoms with Gasteiger partial charge in [-0.05, 0) is 42.2 Å². The van der Waals surface area contributed by atoms with Crippen LogP contribution in [0.2, 0.25) is 0 Å². The Balaban J connectivity index is 1.34. The van der Waals surface area contributed by atoms with E-state index in [4.69, 9.17) is 4.98 Å². The van der Waals surface area contributed by atoms with E-state index in [1.165, 1.54) is 11.1 Å². The highest BCUT2D eigenvalue weighted by molar-refractivity contribution is 9.10. The van der Waals surface area contributed by atoms with Gasteiger partial charge in [0.05, 0.1) is 17.9 Å². The number of fused-ring (bicyclic) bond motifs is 1.